The zero-order valence-electron chi connectivity index (χ0n) is 6.77. The molecule has 2 heteroatoms. The van der Waals surface area contributed by atoms with Crippen molar-refractivity contribution in [2.75, 3.05) is 0 Å². The van der Waals surface area contributed by atoms with Crippen molar-refractivity contribution in [1.29, 1.82) is 0 Å². The second-order valence-corrected chi connectivity index (χ2v) is 2.73. The number of pyridine rings is 1. The van der Waals surface area contributed by atoms with E-state index in [-0.39, 0.29) is 0 Å². The van der Waals surface area contributed by atoms with Crippen molar-refractivity contribution in [1.82, 2.24) is 4.98 Å². The van der Waals surface area contributed by atoms with Crippen LogP contribution in [-0.2, 0) is 0 Å². The van der Waals surface area contributed by atoms with Crippen LogP contribution in [0.1, 0.15) is 12.8 Å². The third-order valence-corrected chi connectivity index (χ3v) is 1.85. The van der Waals surface area contributed by atoms with Gasteiger partial charge in [-0.3, -0.25) is 9.98 Å². The summed E-state index contributed by atoms with van der Waals surface area (Å²) in [4.78, 5) is 8.30. The van der Waals surface area contributed by atoms with Gasteiger partial charge in [0.1, 0.15) is 0 Å². The summed E-state index contributed by atoms with van der Waals surface area (Å²) >= 11 is 0. The number of hydrogen-bond donors (Lipinski definition) is 0. The molecule has 12 heavy (non-hydrogen) atoms. The molecule has 2 rings (SSSR count). The molecule has 1 aromatic heterocycles. The van der Waals surface area contributed by atoms with E-state index < -0.39 is 0 Å². The fourth-order valence-electron chi connectivity index (χ4n) is 1.22. The smallest absolute Gasteiger partial charge is 0.0881 e. The van der Waals surface area contributed by atoms with Gasteiger partial charge in [0.25, 0.3) is 0 Å². The van der Waals surface area contributed by atoms with Gasteiger partial charge in [0.05, 0.1) is 11.6 Å². The summed E-state index contributed by atoms with van der Waals surface area (Å²) in [6.45, 7) is 0. The number of aromatic nitrogens is 1. The van der Waals surface area contributed by atoms with Crippen molar-refractivity contribution >= 4 is 6.08 Å². The van der Waals surface area contributed by atoms with Gasteiger partial charge in [-0.15, -0.1) is 0 Å². The normalized spacial score (nSPS) is 15.0. The molecule has 0 radical (unpaired) electrons. The molecule has 0 amide bonds. The minimum atomic E-state index is 0.966. The van der Waals surface area contributed by atoms with Crippen molar-refractivity contribution in [3.8, 4) is 0 Å². The number of nitrogens with zero attached hydrogens (tertiary/aromatic N) is 2. The maximum atomic E-state index is 4.27. The summed E-state index contributed by atoms with van der Waals surface area (Å²) in [5.74, 6) is 0. The maximum Gasteiger partial charge on any atom is 0.0881 e. The lowest BCUT2D eigenvalue weighted by molar-refractivity contribution is 1.06. The zero-order valence-corrected chi connectivity index (χ0v) is 6.77. The zero-order chi connectivity index (χ0) is 8.23. The largest absolute Gasteiger partial charge is 0.262 e. The molecule has 0 saturated carbocycles. The van der Waals surface area contributed by atoms with E-state index in [1.807, 2.05) is 12.3 Å². The van der Waals surface area contributed by atoms with E-state index in [9.17, 15) is 0 Å². The van der Waals surface area contributed by atoms with Crippen molar-refractivity contribution < 1.29 is 0 Å². The third kappa shape index (κ3) is 1.42. The summed E-state index contributed by atoms with van der Waals surface area (Å²) in [5, 5.41) is 2.16. The van der Waals surface area contributed by atoms with Crippen LogP contribution in [-0.4, -0.2) is 4.98 Å². The minimum Gasteiger partial charge on any atom is -0.262 e. The highest BCUT2D eigenvalue weighted by molar-refractivity contribution is 5.23. The average Bonchev–Trinajstić information content (AvgIpc) is 2.06. The van der Waals surface area contributed by atoms with Crippen LogP contribution in [0.5, 0.6) is 0 Å². The molecule has 0 aromatic carbocycles. The molecule has 0 spiro atoms. The first kappa shape index (κ1) is 7.22. The van der Waals surface area contributed by atoms with Gasteiger partial charge in [-0.05, 0) is 24.1 Å². The van der Waals surface area contributed by atoms with E-state index in [4.69, 9.17) is 0 Å². The number of rotatable bonds is 0. The van der Waals surface area contributed by atoms with Crippen LogP contribution >= 0.6 is 0 Å². The molecule has 0 N–H and O–H groups in total. The highest BCUT2D eigenvalue weighted by Gasteiger charge is 1.87. The topological polar surface area (TPSA) is 25.2 Å². The predicted molar refractivity (Wildman–Crippen MR) is 47.9 cm³/mol. The Hall–Kier alpha value is -1.44. The summed E-state index contributed by atoms with van der Waals surface area (Å²) in [5.41, 5.74) is 0. The second kappa shape index (κ2) is 3.30. The van der Waals surface area contributed by atoms with E-state index in [1.165, 1.54) is 5.22 Å². The van der Waals surface area contributed by atoms with Gasteiger partial charge < -0.3 is 0 Å². The van der Waals surface area contributed by atoms with Gasteiger partial charge in [0, 0.05) is 12.4 Å². The van der Waals surface area contributed by atoms with E-state index in [1.54, 1.807) is 12.4 Å². The van der Waals surface area contributed by atoms with Crippen LogP contribution in [0.3, 0.4) is 0 Å². The second-order valence-electron chi connectivity index (χ2n) is 2.73. The van der Waals surface area contributed by atoms with Gasteiger partial charge in [0.2, 0.25) is 0 Å². The molecule has 60 valence electrons. The Morgan fingerprint density at radius 1 is 1.25 bits per heavy atom. The maximum absolute atomic E-state index is 4.27. The van der Waals surface area contributed by atoms with Gasteiger partial charge in [0.15, 0.2) is 0 Å². The standard InChI is InChI=1S/C10H10N2/c1-2-4-9-5-7-11-8-10(9)12-6-3-1/h3-8H,1-2H2. The Labute approximate surface area is 71.0 Å². The lowest BCUT2D eigenvalue weighted by atomic mass is 10.2. The summed E-state index contributed by atoms with van der Waals surface area (Å²) in [6.07, 6.45) is 11.9. The molecule has 0 aliphatic carbocycles. The lowest BCUT2D eigenvalue weighted by Crippen LogP contribution is -2.24. The quantitative estimate of drug-likeness (QED) is 0.548. The van der Waals surface area contributed by atoms with E-state index in [0.29, 0.717) is 0 Å². The number of allylic oxidation sites excluding steroid dienone is 1. The molecule has 0 unspecified atom stereocenters. The molecule has 1 aliphatic rings. The Morgan fingerprint density at radius 2 is 2.25 bits per heavy atom. The number of hydrogen-bond acceptors (Lipinski definition) is 2. The van der Waals surface area contributed by atoms with E-state index in [0.717, 1.165) is 18.2 Å². The van der Waals surface area contributed by atoms with Crippen molar-refractivity contribution in [3.63, 3.8) is 0 Å². The van der Waals surface area contributed by atoms with Crippen LogP contribution < -0.4 is 10.6 Å². The molecular weight excluding hydrogens is 148 g/mol. The summed E-state index contributed by atoms with van der Waals surface area (Å²) in [7, 11) is 0. The van der Waals surface area contributed by atoms with Crippen molar-refractivity contribution in [2.45, 2.75) is 12.8 Å². The molecule has 2 nitrogen and oxygen atoms in total. The minimum absolute atomic E-state index is 0.966. The summed E-state index contributed by atoms with van der Waals surface area (Å²) in [6, 6.07) is 2.00. The first-order valence-corrected chi connectivity index (χ1v) is 4.10. The third-order valence-electron chi connectivity index (χ3n) is 1.85. The van der Waals surface area contributed by atoms with Crippen molar-refractivity contribution in [3.05, 3.63) is 41.3 Å². The van der Waals surface area contributed by atoms with Crippen LogP contribution in [0, 0.1) is 0 Å². The summed E-state index contributed by atoms with van der Waals surface area (Å²) < 4.78 is 0. The lowest BCUT2D eigenvalue weighted by Gasteiger charge is -1.92. The molecule has 1 aromatic rings. The van der Waals surface area contributed by atoms with Crippen LogP contribution in [0.2, 0.25) is 0 Å². The molecular formula is C10H10N2. The Bertz CT molecular complexity index is 404. The van der Waals surface area contributed by atoms with Crippen LogP contribution in [0.4, 0.5) is 0 Å². The molecule has 1 aliphatic heterocycles. The van der Waals surface area contributed by atoms with Gasteiger partial charge in [-0.2, -0.15) is 0 Å². The SMILES string of the molecule is C1=CN=c2cnccc2=CCC1. The average molecular weight is 158 g/mol. The fourth-order valence-corrected chi connectivity index (χ4v) is 1.22. The highest BCUT2D eigenvalue weighted by atomic mass is 14.7. The Balaban J connectivity index is 2.71. The Morgan fingerprint density at radius 3 is 3.25 bits per heavy atom. The van der Waals surface area contributed by atoms with Gasteiger partial charge in [-0.1, -0.05) is 12.2 Å². The number of fused-ring (bicyclic) bond motifs is 1. The molecule has 2 heterocycles. The van der Waals surface area contributed by atoms with Crippen LogP contribution in [0.25, 0.3) is 6.08 Å². The van der Waals surface area contributed by atoms with E-state index in [2.05, 4.69) is 22.1 Å². The molecule has 0 bridgehead atoms. The monoisotopic (exact) mass is 158 g/mol. The predicted octanol–water partition coefficient (Wildman–Crippen LogP) is 0.789. The Kier molecular flexibility index (Phi) is 1.99. The highest BCUT2D eigenvalue weighted by Crippen LogP contribution is 1.92. The fraction of sp³-hybridized carbons (Fsp3) is 0.200. The van der Waals surface area contributed by atoms with Crippen molar-refractivity contribution in [2.24, 2.45) is 4.99 Å². The van der Waals surface area contributed by atoms with Crippen LogP contribution in [0.15, 0.2) is 35.7 Å². The molecule has 0 saturated heterocycles. The van der Waals surface area contributed by atoms with E-state index >= 15 is 0 Å². The molecule has 0 atom stereocenters. The van der Waals surface area contributed by atoms with Gasteiger partial charge >= 0.3 is 0 Å². The molecule has 0 fully saturated rings. The first-order valence-electron chi connectivity index (χ1n) is 4.10. The van der Waals surface area contributed by atoms with Gasteiger partial charge in [-0.25, -0.2) is 0 Å². The first-order chi connectivity index (χ1) is 5.97.